The van der Waals surface area contributed by atoms with Gasteiger partial charge in [-0.2, -0.15) is 0 Å². The fraction of sp³-hybridized carbons (Fsp3) is 0.462. The van der Waals surface area contributed by atoms with E-state index in [9.17, 15) is 0 Å². The zero-order valence-corrected chi connectivity index (χ0v) is 10.0. The highest BCUT2D eigenvalue weighted by atomic mass is 16.5. The Morgan fingerprint density at radius 3 is 2.94 bits per heavy atom. The maximum atomic E-state index is 5.82. The minimum absolute atomic E-state index is 0.249. The van der Waals surface area contributed by atoms with Gasteiger partial charge in [0.15, 0.2) is 0 Å². The van der Waals surface area contributed by atoms with Crippen molar-refractivity contribution >= 4 is 6.08 Å². The molecular formula is C13H20N2O. The maximum Gasteiger partial charge on any atom is 0.138 e. The summed E-state index contributed by atoms with van der Waals surface area (Å²) in [5.41, 5.74) is 6.87. The van der Waals surface area contributed by atoms with Gasteiger partial charge in [-0.3, -0.25) is 4.98 Å². The number of hydrogen-bond donors (Lipinski definition) is 1. The van der Waals surface area contributed by atoms with Crippen molar-refractivity contribution < 1.29 is 4.74 Å². The average molecular weight is 220 g/mol. The van der Waals surface area contributed by atoms with Crippen LogP contribution in [-0.4, -0.2) is 17.6 Å². The first-order valence-electron chi connectivity index (χ1n) is 5.76. The molecule has 0 bridgehead atoms. The van der Waals surface area contributed by atoms with Crippen LogP contribution in [0.4, 0.5) is 0 Å². The molecule has 2 N–H and O–H groups in total. The van der Waals surface area contributed by atoms with Crippen molar-refractivity contribution in [2.75, 3.05) is 6.61 Å². The number of nitrogens with two attached hydrogens (primary N) is 1. The Labute approximate surface area is 97.3 Å². The Hall–Kier alpha value is -1.35. The molecule has 0 saturated carbocycles. The molecule has 16 heavy (non-hydrogen) atoms. The summed E-state index contributed by atoms with van der Waals surface area (Å²) in [4.78, 5) is 4.11. The second kappa shape index (κ2) is 7.01. The number of pyridine rings is 1. The van der Waals surface area contributed by atoms with Crippen molar-refractivity contribution in [2.45, 2.75) is 32.7 Å². The van der Waals surface area contributed by atoms with Gasteiger partial charge in [-0.25, -0.2) is 0 Å². The van der Waals surface area contributed by atoms with Crippen molar-refractivity contribution in [2.24, 2.45) is 5.73 Å². The summed E-state index contributed by atoms with van der Waals surface area (Å²) >= 11 is 0. The highest BCUT2D eigenvalue weighted by Crippen LogP contribution is 2.12. The first-order chi connectivity index (χ1) is 7.76. The fourth-order valence-electron chi connectivity index (χ4n) is 1.32. The molecule has 1 heterocycles. The Kier molecular flexibility index (Phi) is 5.57. The van der Waals surface area contributed by atoms with Crippen LogP contribution in [0.5, 0.6) is 5.75 Å². The van der Waals surface area contributed by atoms with Crippen LogP contribution >= 0.6 is 0 Å². The molecule has 1 aromatic rings. The molecule has 0 radical (unpaired) electrons. The van der Waals surface area contributed by atoms with E-state index in [4.69, 9.17) is 10.5 Å². The van der Waals surface area contributed by atoms with E-state index in [-0.39, 0.29) is 6.04 Å². The van der Waals surface area contributed by atoms with Crippen LogP contribution in [-0.2, 0) is 0 Å². The molecule has 0 amide bonds. The largest absolute Gasteiger partial charge is 0.492 e. The summed E-state index contributed by atoms with van der Waals surface area (Å²) < 4.78 is 5.37. The van der Waals surface area contributed by atoms with E-state index in [0.717, 1.165) is 24.2 Å². The third-order valence-corrected chi connectivity index (χ3v) is 2.32. The molecule has 3 nitrogen and oxygen atoms in total. The number of hydrogen-bond acceptors (Lipinski definition) is 3. The lowest BCUT2D eigenvalue weighted by Gasteiger charge is -2.04. The van der Waals surface area contributed by atoms with Gasteiger partial charge in [-0.05, 0) is 31.4 Å². The summed E-state index contributed by atoms with van der Waals surface area (Å²) in [7, 11) is 0. The monoisotopic (exact) mass is 220 g/mol. The summed E-state index contributed by atoms with van der Waals surface area (Å²) in [5, 5.41) is 0. The second-order valence-electron chi connectivity index (χ2n) is 3.69. The lowest BCUT2D eigenvalue weighted by molar-refractivity contribution is 0.339. The van der Waals surface area contributed by atoms with Crippen LogP contribution in [0.15, 0.2) is 24.5 Å². The van der Waals surface area contributed by atoms with Gasteiger partial charge in [0.25, 0.3) is 0 Å². The van der Waals surface area contributed by atoms with Gasteiger partial charge < -0.3 is 10.5 Å². The zero-order valence-electron chi connectivity index (χ0n) is 10.0. The fourth-order valence-corrected chi connectivity index (χ4v) is 1.32. The van der Waals surface area contributed by atoms with Crippen LogP contribution in [0, 0.1) is 0 Å². The van der Waals surface area contributed by atoms with Gasteiger partial charge in [0.05, 0.1) is 12.8 Å². The van der Waals surface area contributed by atoms with Gasteiger partial charge in [0.1, 0.15) is 5.75 Å². The summed E-state index contributed by atoms with van der Waals surface area (Å²) in [6, 6.07) is 2.23. The van der Waals surface area contributed by atoms with E-state index in [1.165, 1.54) is 0 Å². The minimum atomic E-state index is 0.249. The quantitative estimate of drug-likeness (QED) is 0.801. The van der Waals surface area contributed by atoms with Gasteiger partial charge >= 0.3 is 0 Å². The predicted octanol–water partition coefficient (Wildman–Crippen LogP) is 2.62. The zero-order chi connectivity index (χ0) is 11.8. The lowest BCUT2D eigenvalue weighted by atomic mass is 10.1. The van der Waals surface area contributed by atoms with E-state index < -0.39 is 0 Å². The van der Waals surface area contributed by atoms with Crippen molar-refractivity contribution in [3.63, 3.8) is 0 Å². The van der Waals surface area contributed by atoms with E-state index >= 15 is 0 Å². The number of aromatic nitrogens is 1. The van der Waals surface area contributed by atoms with Gasteiger partial charge in [0, 0.05) is 12.2 Å². The van der Waals surface area contributed by atoms with Gasteiger partial charge in [-0.15, -0.1) is 0 Å². The normalized spacial score (nSPS) is 12.9. The van der Waals surface area contributed by atoms with Crippen molar-refractivity contribution in [1.29, 1.82) is 0 Å². The van der Waals surface area contributed by atoms with Crippen LogP contribution in [0.3, 0.4) is 0 Å². The van der Waals surface area contributed by atoms with Crippen LogP contribution in [0.25, 0.3) is 6.08 Å². The summed E-state index contributed by atoms with van der Waals surface area (Å²) in [6.07, 6.45) is 9.55. The molecule has 1 unspecified atom stereocenters. The van der Waals surface area contributed by atoms with Crippen molar-refractivity contribution in [3.8, 4) is 5.75 Å². The van der Waals surface area contributed by atoms with Crippen molar-refractivity contribution in [3.05, 3.63) is 30.1 Å². The Balaban J connectivity index is 2.55. The molecule has 0 fully saturated rings. The number of ether oxygens (including phenoxy) is 1. The third-order valence-electron chi connectivity index (χ3n) is 2.32. The first kappa shape index (κ1) is 12.7. The van der Waals surface area contributed by atoms with Crippen LogP contribution in [0.2, 0.25) is 0 Å². The topological polar surface area (TPSA) is 48.1 Å². The Bertz CT molecular complexity index is 336. The first-order valence-corrected chi connectivity index (χ1v) is 5.76. The molecule has 1 rings (SSSR count). The van der Waals surface area contributed by atoms with Gasteiger partial charge in [-0.1, -0.05) is 19.1 Å². The third kappa shape index (κ3) is 4.45. The highest BCUT2D eigenvalue weighted by Gasteiger charge is 1.96. The number of rotatable bonds is 6. The minimum Gasteiger partial charge on any atom is -0.492 e. The molecule has 0 saturated heterocycles. The summed E-state index contributed by atoms with van der Waals surface area (Å²) in [6.45, 7) is 4.72. The van der Waals surface area contributed by atoms with Crippen molar-refractivity contribution in [1.82, 2.24) is 4.98 Å². The average Bonchev–Trinajstić information content (AvgIpc) is 2.30. The highest BCUT2D eigenvalue weighted by molar-refractivity contribution is 5.49. The standard InChI is InChI=1S/C13H20N2O/c1-3-12(14)7-5-6-11-8-13(16-4-2)10-15-9-11/h5-6,8-10,12H,3-4,7,14H2,1-2H3. The van der Waals surface area contributed by atoms with E-state index in [1.807, 2.05) is 25.3 Å². The molecule has 1 atom stereocenters. The second-order valence-corrected chi connectivity index (χ2v) is 3.69. The maximum absolute atomic E-state index is 5.82. The van der Waals surface area contributed by atoms with Crippen LogP contribution in [0.1, 0.15) is 32.3 Å². The van der Waals surface area contributed by atoms with E-state index in [2.05, 4.69) is 18.0 Å². The molecule has 3 heteroatoms. The molecule has 1 aromatic heterocycles. The Morgan fingerprint density at radius 2 is 2.25 bits per heavy atom. The number of nitrogens with zero attached hydrogens (tertiary/aromatic N) is 1. The molecule has 0 aliphatic heterocycles. The molecule has 0 aromatic carbocycles. The molecule has 0 aliphatic rings. The van der Waals surface area contributed by atoms with E-state index in [1.54, 1.807) is 6.20 Å². The predicted molar refractivity (Wildman–Crippen MR) is 67.3 cm³/mol. The SMILES string of the molecule is CCOc1cncc(C=CCC(N)CC)c1. The van der Waals surface area contributed by atoms with E-state index in [0.29, 0.717) is 6.61 Å². The van der Waals surface area contributed by atoms with Gasteiger partial charge in [0.2, 0.25) is 0 Å². The lowest BCUT2D eigenvalue weighted by Crippen LogP contribution is -2.16. The van der Waals surface area contributed by atoms with Crippen LogP contribution < -0.4 is 10.5 Å². The molecule has 88 valence electrons. The summed E-state index contributed by atoms with van der Waals surface area (Å²) in [5.74, 6) is 0.810. The molecule has 0 aliphatic carbocycles. The Morgan fingerprint density at radius 1 is 1.44 bits per heavy atom. The molecule has 0 spiro atoms. The molecular weight excluding hydrogens is 200 g/mol. The smallest absolute Gasteiger partial charge is 0.138 e.